The van der Waals surface area contributed by atoms with E-state index in [4.69, 9.17) is 5.11 Å². The van der Waals surface area contributed by atoms with Crippen LogP contribution in [-0.4, -0.2) is 38.3 Å². The third kappa shape index (κ3) is 1.87. The Balaban J connectivity index is 2.32. The van der Waals surface area contributed by atoms with Gasteiger partial charge in [-0.3, -0.25) is 4.79 Å². The monoisotopic (exact) mass is 220 g/mol. The lowest BCUT2D eigenvalue weighted by Gasteiger charge is -2.10. The Morgan fingerprint density at radius 2 is 2.50 bits per heavy atom. The molecule has 0 aliphatic heterocycles. The molecule has 2 heterocycles. The zero-order chi connectivity index (χ0) is 11.5. The summed E-state index contributed by atoms with van der Waals surface area (Å²) in [7, 11) is 0. The number of carbonyl (C=O) groups excluding carboxylic acids is 1. The van der Waals surface area contributed by atoms with E-state index in [0.29, 0.717) is 11.2 Å². The van der Waals surface area contributed by atoms with Crippen molar-refractivity contribution in [3.05, 3.63) is 30.2 Å². The number of rotatable bonds is 3. The maximum absolute atomic E-state index is 11.8. The van der Waals surface area contributed by atoms with Gasteiger partial charge in [0.1, 0.15) is 6.33 Å². The van der Waals surface area contributed by atoms with E-state index in [1.165, 1.54) is 10.8 Å². The molecule has 0 saturated heterocycles. The quantitative estimate of drug-likeness (QED) is 0.753. The normalized spacial score (nSPS) is 12.6. The molecule has 1 unspecified atom stereocenters. The van der Waals surface area contributed by atoms with Crippen LogP contribution in [0.25, 0.3) is 5.65 Å². The average molecular weight is 220 g/mol. The number of fused-ring (bicyclic) bond motifs is 1. The lowest BCUT2D eigenvalue weighted by molar-refractivity contribution is 0.0923. The summed E-state index contributed by atoms with van der Waals surface area (Å²) in [4.78, 5) is 15.8. The first kappa shape index (κ1) is 10.6. The molecule has 0 saturated carbocycles. The number of nitrogens with one attached hydrogen (secondary N) is 1. The van der Waals surface area contributed by atoms with Crippen LogP contribution in [0.5, 0.6) is 0 Å². The third-order valence-electron chi connectivity index (χ3n) is 2.20. The van der Waals surface area contributed by atoms with E-state index in [1.807, 2.05) is 0 Å². The van der Waals surface area contributed by atoms with E-state index in [2.05, 4.69) is 15.4 Å². The smallest absolute Gasteiger partial charge is 0.255 e. The Hall–Kier alpha value is -1.95. The maximum atomic E-state index is 11.8. The van der Waals surface area contributed by atoms with E-state index >= 15 is 0 Å². The minimum Gasteiger partial charge on any atom is -0.394 e. The number of aliphatic hydroxyl groups is 1. The van der Waals surface area contributed by atoms with Crippen LogP contribution in [0, 0.1) is 0 Å². The fourth-order valence-corrected chi connectivity index (χ4v) is 1.37. The topological polar surface area (TPSA) is 79.5 Å². The van der Waals surface area contributed by atoms with Crippen LogP contribution in [0.2, 0.25) is 0 Å². The van der Waals surface area contributed by atoms with E-state index in [0.717, 1.165) is 0 Å². The van der Waals surface area contributed by atoms with Gasteiger partial charge in [-0.05, 0) is 19.1 Å². The summed E-state index contributed by atoms with van der Waals surface area (Å²) in [6.07, 6.45) is 3.11. The van der Waals surface area contributed by atoms with Crippen molar-refractivity contribution in [1.82, 2.24) is 19.9 Å². The van der Waals surface area contributed by atoms with Gasteiger partial charge >= 0.3 is 0 Å². The number of hydrogen-bond donors (Lipinski definition) is 2. The van der Waals surface area contributed by atoms with Crippen LogP contribution < -0.4 is 5.32 Å². The first-order valence-corrected chi connectivity index (χ1v) is 4.92. The van der Waals surface area contributed by atoms with Crippen molar-refractivity contribution in [2.75, 3.05) is 6.61 Å². The van der Waals surface area contributed by atoms with Crippen molar-refractivity contribution in [3.8, 4) is 0 Å². The number of carbonyl (C=O) groups is 1. The predicted octanol–water partition coefficient (Wildman–Crippen LogP) is -0.160. The Morgan fingerprint density at radius 3 is 3.25 bits per heavy atom. The molecule has 0 aliphatic rings. The second-order valence-electron chi connectivity index (χ2n) is 3.51. The summed E-state index contributed by atoms with van der Waals surface area (Å²) in [5, 5.41) is 15.5. The van der Waals surface area contributed by atoms with Gasteiger partial charge in [0.25, 0.3) is 5.91 Å². The highest BCUT2D eigenvalue weighted by atomic mass is 16.3. The Bertz CT molecular complexity index is 508. The summed E-state index contributed by atoms with van der Waals surface area (Å²) in [6.45, 7) is 1.63. The summed E-state index contributed by atoms with van der Waals surface area (Å²) < 4.78 is 1.53. The van der Waals surface area contributed by atoms with Gasteiger partial charge in [-0.15, -0.1) is 0 Å². The molecule has 0 fully saturated rings. The second kappa shape index (κ2) is 4.28. The molecule has 6 heteroatoms. The summed E-state index contributed by atoms with van der Waals surface area (Å²) in [6, 6.07) is 3.11. The van der Waals surface area contributed by atoms with Gasteiger partial charge < -0.3 is 10.4 Å². The lowest BCUT2D eigenvalue weighted by atomic mass is 10.2. The molecule has 84 valence electrons. The van der Waals surface area contributed by atoms with Crippen molar-refractivity contribution in [1.29, 1.82) is 0 Å². The van der Waals surface area contributed by atoms with Gasteiger partial charge in [-0.2, -0.15) is 5.10 Å². The SMILES string of the molecule is CC(CO)NC(=O)c1cccn2ncnc12. The molecule has 2 aromatic rings. The van der Waals surface area contributed by atoms with E-state index in [-0.39, 0.29) is 18.6 Å². The molecule has 1 atom stereocenters. The molecule has 0 radical (unpaired) electrons. The Morgan fingerprint density at radius 1 is 1.69 bits per heavy atom. The average Bonchev–Trinajstić information content (AvgIpc) is 2.76. The fraction of sp³-hybridized carbons (Fsp3) is 0.300. The van der Waals surface area contributed by atoms with Gasteiger partial charge in [0, 0.05) is 12.2 Å². The van der Waals surface area contributed by atoms with E-state index < -0.39 is 0 Å². The number of amides is 1. The first-order chi connectivity index (χ1) is 7.72. The molecule has 0 aromatic carbocycles. The van der Waals surface area contributed by atoms with E-state index in [9.17, 15) is 4.79 Å². The van der Waals surface area contributed by atoms with Gasteiger partial charge in [0.2, 0.25) is 0 Å². The van der Waals surface area contributed by atoms with Gasteiger partial charge in [-0.1, -0.05) is 0 Å². The fourth-order valence-electron chi connectivity index (χ4n) is 1.37. The molecule has 1 amide bonds. The van der Waals surface area contributed by atoms with Crippen molar-refractivity contribution in [3.63, 3.8) is 0 Å². The van der Waals surface area contributed by atoms with Gasteiger partial charge in [0.05, 0.1) is 12.2 Å². The number of nitrogens with zero attached hydrogens (tertiary/aromatic N) is 3. The number of hydrogen-bond acceptors (Lipinski definition) is 4. The predicted molar refractivity (Wildman–Crippen MR) is 57.0 cm³/mol. The third-order valence-corrected chi connectivity index (χ3v) is 2.20. The van der Waals surface area contributed by atoms with Crippen LogP contribution >= 0.6 is 0 Å². The molecule has 16 heavy (non-hydrogen) atoms. The molecule has 2 rings (SSSR count). The summed E-state index contributed by atoms with van der Waals surface area (Å²) in [5.74, 6) is -0.264. The van der Waals surface area contributed by atoms with Crippen LogP contribution in [0.3, 0.4) is 0 Å². The molecule has 2 N–H and O–H groups in total. The second-order valence-corrected chi connectivity index (χ2v) is 3.51. The number of pyridine rings is 1. The molecule has 0 spiro atoms. The molecular formula is C10H12N4O2. The molecule has 6 nitrogen and oxygen atoms in total. The Labute approximate surface area is 91.9 Å². The molecule has 2 aromatic heterocycles. The minimum absolute atomic E-state index is 0.0957. The standard InChI is InChI=1S/C10H12N4O2/c1-7(5-15)13-10(16)8-3-2-4-14-9(8)11-6-12-14/h2-4,6-7,15H,5H2,1H3,(H,13,16). The van der Waals surface area contributed by atoms with Crippen molar-refractivity contribution < 1.29 is 9.90 Å². The van der Waals surface area contributed by atoms with Crippen molar-refractivity contribution >= 4 is 11.6 Å². The van der Waals surface area contributed by atoms with Crippen LogP contribution in [-0.2, 0) is 0 Å². The molecule has 0 bridgehead atoms. The van der Waals surface area contributed by atoms with Crippen molar-refractivity contribution in [2.45, 2.75) is 13.0 Å². The van der Waals surface area contributed by atoms with Crippen LogP contribution in [0.15, 0.2) is 24.7 Å². The summed E-state index contributed by atoms with van der Waals surface area (Å²) >= 11 is 0. The number of aliphatic hydroxyl groups excluding tert-OH is 1. The summed E-state index contributed by atoms with van der Waals surface area (Å²) in [5.41, 5.74) is 0.949. The largest absolute Gasteiger partial charge is 0.394 e. The molecular weight excluding hydrogens is 208 g/mol. The zero-order valence-corrected chi connectivity index (χ0v) is 8.79. The Kier molecular flexibility index (Phi) is 2.82. The van der Waals surface area contributed by atoms with Crippen LogP contribution in [0.4, 0.5) is 0 Å². The highest BCUT2D eigenvalue weighted by molar-refractivity contribution is 5.99. The molecule has 0 aliphatic carbocycles. The van der Waals surface area contributed by atoms with E-state index in [1.54, 1.807) is 25.3 Å². The van der Waals surface area contributed by atoms with Gasteiger partial charge in [-0.25, -0.2) is 9.50 Å². The highest BCUT2D eigenvalue weighted by Gasteiger charge is 2.13. The van der Waals surface area contributed by atoms with Gasteiger partial charge in [0.15, 0.2) is 5.65 Å². The first-order valence-electron chi connectivity index (χ1n) is 4.92. The maximum Gasteiger partial charge on any atom is 0.255 e. The highest BCUT2D eigenvalue weighted by Crippen LogP contribution is 2.06. The van der Waals surface area contributed by atoms with Crippen molar-refractivity contribution in [2.24, 2.45) is 0 Å². The zero-order valence-electron chi connectivity index (χ0n) is 8.79. The number of aromatic nitrogens is 3. The van der Waals surface area contributed by atoms with Crippen LogP contribution in [0.1, 0.15) is 17.3 Å². The lowest BCUT2D eigenvalue weighted by Crippen LogP contribution is -2.35. The minimum atomic E-state index is -0.282.